The minimum Gasteiger partial charge on any atom is -0.348 e. The second-order valence-electron chi connectivity index (χ2n) is 6.47. The van der Waals surface area contributed by atoms with Crippen molar-refractivity contribution in [2.45, 2.75) is 32.2 Å². The summed E-state index contributed by atoms with van der Waals surface area (Å²) in [5.41, 5.74) is 2.32. The maximum atomic E-state index is 14.3. The van der Waals surface area contributed by atoms with Gasteiger partial charge in [-0.15, -0.1) is 0 Å². The molecule has 4 rings (SSSR count). The van der Waals surface area contributed by atoms with Crippen molar-refractivity contribution in [2.75, 3.05) is 0 Å². The molecule has 0 unspecified atom stereocenters. The van der Waals surface area contributed by atoms with Gasteiger partial charge in [0, 0.05) is 18.4 Å². The molecule has 1 fully saturated rings. The molecule has 7 heteroatoms. The van der Waals surface area contributed by atoms with Gasteiger partial charge in [0.1, 0.15) is 11.9 Å². The fraction of sp³-hybridized carbons (Fsp3) is 0.263. The molecule has 0 saturated heterocycles. The molecule has 0 atom stereocenters. The van der Waals surface area contributed by atoms with E-state index < -0.39 is 5.82 Å². The third-order valence-corrected chi connectivity index (χ3v) is 4.75. The van der Waals surface area contributed by atoms with Gasteiger partial charge in [0.05, 0.1) is 11.1 Å². The van der Waals surface area contributed by atoms with Crippen LogP contribution in [0.4, 0.5) is 4.39 Å². The van der Waals surface area contributed by atoms with Crippen molar-refractivity contribution in [1.29, 1.82) is 5.26 Å². The number of nitrogens with one attached hydrogen (secondary N) is 1. The predicted octanol–water partition coefficient (Wildman–Crippen LogP) is 3.00. The number of aromatic nitrogens is 3. The zero-order chi connectivity index (χ0) is 18.3. The van der Waals surface area contributed by atoms with E-state index in [0.29, 0.717) is 22.3 Å². The predicted molar refractivity (Wildman–Crippen MR) is 92.9 cm³/mol. The van der Waals surface area contributed by atoms with E-state index in [1.807, 2.05) is 6.07 Å². The van der Waals surface area contributed by atoms with Crippen molar-refractivity contribution >= 4 is 11.6 Å². The Morgan fingerprint density at radius 2 is 2.23 bits per heavy atom. The number of carbonyl (C=O) groups excluding carboxylic acids is 1. The summed E-state index contributed by atoms with van der Waals surface area (Å²) in [6.07, 6.45) is 6.31. The molecule has 1 saturated carbocycles. The van der Waals surface area contributed by atoms with E-state index in [1.165, 1.54) is 16.6 Å². The minimum absolute atomic E-state index is 0.0313. The number of halogens is 1. The molecule has 0 aliphatic heterocycles. The van der Waals surface area contributed by atoms with Crippen LogP contribution >= 0.6 is 0 Å². The molecule has 0 spiro atoms. The number of nitrogens with zero attached hydrogens (tertiary/aromatic N) is 4. The zero-order valence-electron chi connectivity index (χ0n) is 14.2. The van der Waals surface area contributed by atoms with Crippen LogP contribution in [0, 0.1) is 24.1 Å². The summed E-state index contributed by atoms with van der Waals surface area (Å²) in [6.45, 7) is 1.77. The van der Waals surface area contributed by atoms with E-state index in [2.05, 4.69) is 15.4 Å². The summed E-state index contributed by atoms with van der Waals surface area (Å²) < 4.78 is 15.8. The molecular weight excluding hydrogens is 333 g/mol. The van der Waals surface area contributed by atoms with Crippen molar-refractivity contribution in [3.8, 4) is 17.2 Å². The van der Waals surface area contributed by atoms with Gasteiger partial charge >= 0.3 is 0 Å². The van der Waals surface area contributed by atoms with Crippen molar-refractivity contribution in [1.82, 2.24) is 19.9 Å². The van der Waals surface area contributed by atoms with Crippen LogP contribution in [0.3, 0.4) is 0 Å². The van der Waals surface area contributed by atoms with Crippen molar-refractivity contribution < 1.29 is 9.18 Å². The fourth-order valence-corrected chi connectivity index (χ4v) is 3.14. The maximum Gasteiger partial charge on any atom is 0.272 e. The number of rotatable bonds is 3. The van der Waals surface area contributed by atoms with E-state index in [1.54, 1.807) is 25.4 Å². The highest BCUT2D eigenvalue weighted by molar-refractivity contribution is 6.03. The van der Waals surface area contributed by atoms with Crippen molar-refractivity contribution in [3.63, 3.8) is 0 Å². The maximum absolute atomic E-state index is 14.3. The lowest BCUT2D eigenvalue weighted by Crippen LogP contribution is -2.39. The Labute approximate surface area is 149 Å². The SMILES string of the molecule is Cc1cc(C#N)c(F)cc1-c1c(C(=O)NC2CCC2)nn2cccnc12. The Kier molecular flexibility index (Phi) is 3.88. The van der Waals surface area contributed by atoms with Gasteiger partial charge in [0.2, 0.25) is 0 Å². The first kappa shape index (κ1) is 16.2. The Hall–Kier alpha value is -3.27. The van der Waals surface area contributed by atoms with Gasteiger partial charge in [-0.25, -0.2) is 13.9 Å². The summed E-state index contributed by atoms with van der Waals surface area (Å²) in [6, 6.07) is 6.46. The standard InChI is InChI=1S/C19H16FN5O/c1-11-8-12(10-21)15(20)9-14(11)16-17(19(26)23-13-4-2-5-13)24-25-7-3-6-22-18(16)25/h3,6-9,13H,2,4-5H2,1H3,(H,23,26). The van der Waals surface area contributed by atoms with Gasteiger partial charge in [-0.2, -0.15) is 10.4 Å². The van der Waals surface area contributed by atoms with Gasteiger partial charge < -0.3 is 5.32 Å². The van der Waals surface area contributed by atoms with Gasteiger partial charge in [-0.1, -0.05) is 0 Å². The van der Waals surface area contributed by atoms with Crippen molar-refractivity contribution in [3.05, 3.63) is 53.2 Å². The third kappa shape index (κ3) is 2.60. The number of amides is 1. The second kappa shape index (κ2) is 6.23. The number of carbonyl (C=O) groups is 1. The molecule has 2 aromatic heterocycles. The highest BCUT2D eigenvalue weighted by Gasteiger charge is 2.27. The Morgan fingerprint density at radius 1 is 1.42 bits per heavy atom. The Morgan fingerprint density at radius 3 is 2.92 bits per heavy atom. The molecule has 1 amide bonds. The normalized spacial score (nSPS) is 14.0. The zero-order valence-corrected chi connectivity index (χ0v) is 14.2. The molecular formula is C19H16FN5O. The Balaban J connectivity index is 1.90. The molecule has 26 heavy (non-hydrogen) atoms. The van der Waals surface area contributed by atoms with Crippen LogP contribution < -0.4 is 5.32 Å². The summed E-state index contributed by atoms with van der Waals surface area (Å²) >= 11 is 0. The largest absolute Gasteiger partial charge is 0.348 e. The number of fused-ring (bicyclic) bond motifs is 1. The topological polar surface area (TPSA) is 83.1 Å². The first-order chi connectivity index (χ1) is 12.6. The summed E-state index contributed by atoms with van der Waals surface area (Å²) in [5.74, 6) is -0.923. The summed E-state index contributed by atoms with van der Waals surface area (Å²) in [4.78, 5) is 17.1. The first-order valence-electron chi connectivity index (χ1n) is 8.43. The Bertz CT molecular complexity index is 1060. The third-order valence-electron chi connectivity index (χ3n) is 4.75. The van der Waals surface area contributed by atoms with Crippen LogP contribution in [0.15, 0.2) is 30.6 Å². The molecule has 1 aliphatic carbocycles. The average Bonchev–Trinajstić information content (AvgIpc) is 2.99. The van der Waals surface area contributed by atoms with Gasteiger partial charge in [-0.05, 0) is 55.5 Å². The van der Waals surface area contributed by atoms with E-state index in [4.69, 9.17) is 5.26 Å². The van der Waals surface area contributed by atoms with Crippen LogP contribution in [-0.4, -0.2) is 26.5 Å². The minimum atomic E-state index is -0.631. The lowest BCUT2D eigenvalue weighted by molar-refractivity contribution is 0.0912. The van der Waals surface area contributed by atoms with E-state index in [9.17, 15) is 9.18 Å². The second-order valence-corrected chi connectivity index (χ2v) is 6.47. The molecule has 0 bridgehead atoms. The lowest BCUT2D eigenvalue weighted by atomic mass is 9.92. The number of nitriles is 1. The average molecular weight is 349 g/mol. The van der Waals surface area contributed by atoms with Crippen LogP contribution in [0.25, 0.3) is 16.8 Å². The lowest BCUT2D eigenvalue weighted by Gasteiger charge is -2.26. The van der Waals surface area contributed by atoms with Crippen LogP contribution in [-0.2, 0) is 0 Å². The van der Waals surface area contributed by atoms with Crippen LogP contribution in [0.2, 0.25) is 0 Å². The molecule has 6 nitrogen and oxygen atoms in total. The van der Waals surface area contributed by atoms with Gasteiger partial charge in [0.25, 0.3) is 5.91 Å². The van der Waals surface area contributed by atoms with Gasteiger partial charge in [-0.3, -0.25) is 4.79 Å². The fourth-order valence-electron chi connectivity index (χ4n) is 3.14. The molecule has 0 radical (unpaired) electrons. The number of aryl methyl sites for hydroxylation is 1. The quantitative estimate of drug-likeness (QED) is 0.788. The van der Waals surface area contributed by atoms with Crippen LogP contribution in [0.5, 0.6) is 0 Å². The smallest absolute Gasteiger partial charge is 0.272 e. The molecule has 1 aliphatic rings. The summed E-state index contributed by atoms with van der Waals surface area (Å²) in [5, 5.41) is 16.4. The molecule has 130 valence electrons. The van der Waals surface area contributed by atoms with E-state index in [-0.39, 0.29) is 23.2 Å². The molecule has 2 heterocycles. The van der Waals surface area contributed by atoms with E-state index in [0.717, 1.165) is 19.3 Å². The van der Waals surface area contributed by atoms with Gasteiger partial charge in [0.15, 0.2) is 11.3 Å². The monoisotopic (exact) mass is 349 g/mol. The van der Waals surface area contributed by atoms with E-state index >= 15 is 0 Å². The number of hydrogen-bond acceptors (Lipinski definition) is 4. The van der Waals surface area contributed by atoms with Crippen molar-refractivity contribution in [2.24, 2.45) is 0 Å². The van der Waals surface area contributed by atoms with Crippen LogP contribution in [0.1, 0.15) is 40.9 Å². The number of hydrogen-bond donors (Lipinski definition) is 1. The number of benzene rings is 1. The highest BCUT2D eigenvalue weighted by Crippen LogP contribution is 2.32. The molecule has 1 aromatic carbocycles. The molecule has 3 aromatic rings. The summed E-state index contributed by atoms with van der Waals surface area (Å²) in [7, 11) is 0. The first-order valence-corrected chi connectivity index (χ1v) is 8.43. The molecule has 1 N–H and O–H groups in total. The highest BCUT2D eigenvalue weighted by atomic mass is 19.1.